The predicted octanol–water partition coefficient (Wildman–Crippen LogP) is 4.79. The summed E-state index contributed by atoms with van der Waals surface area (Å²) < 4.78 is 11.2. The van der Waals surface area contributed by atoms with Crippen LogP contribution in [0.25, 0.3) is 0 Å². The molecule has 0 radical (unpaired) electrons. The molecular weight excluding hydrogens is 415 g/mol. The summed E-state index contributed by atoms with van der Waals surface area (Å²) in [6.07, 6.45) is 1.65. The smallest absolute Gasteiger partial charge is 0.269 e. The Hall–Kier alpha value is -2.44. The summed E-state index contributed by atoms with van der Waals surface area (Å²) in [6, 6.07) is 11.7. The minimum absolute atomic E-state index is 0.105. The minimum atomic E-state index is -0.405. The molecule has 0 fully saturated rings. The second kappa shape index (κ2) is 11.5. The molecule has 0 heterocycles. The van der Waals surface area contributed by atoms with Gasteiger partial charge in [-0.25, -0.2) is 0 Å². The number of hydrogen-bond donors (Lipinski definition) is 2. The monoisotopic (exact) mass is 438 g/mol. The van der Waals surface area contributed by atoms with Crippen molar-refractivity contribution in [2.75, 3.05) is 6.61 Å². The fraction of sp³-hybridized carbons (Fsp3) is 0.333. The largest absolute Gasteiger partial charge is 0.492 e. The molecule has 0 aromatic heterocycles. The first-order chi connectivity index (χ1) is 13.9. The number of nitrogens with one attached hydrogen (secondary N) is 2. The number of benzene rings is 2. The highest BCUT2D eigenvalue weighted by atomic mass is 35.5. The van der Waals surface area contributed by atoms with E-state index in [9.17, 15) is 9.59 Å². The Morgan fingerprint density at radius 1 is 1.07 bits per heavy atom. The van der Waals surface area contributed by atoms with Crippen LogP contribution in [0.1, 0.15) is 43.5 Å². The van der Waals surface area contributed by atoms with Crippen LogP contribution >= 0.6 is 23.2 Å². The molecule has 29 heavy (non-hydrogen) atoms. The van der Waals surface area contributed by atoms with Crippen molar-refractivity contribution < 1.29 is 19.1 Å². The molecule has 1 atom stereocenters. The van der Waals surface area contributed by atoms with Crippen LogP contribution in [0.5, 0.6) is 11.5 Å². The van der Waals surface area contributed by atoms with Crippen LogP contribution in [0, 0.1) is 0 Å². The summed E-state index contributed by atoms with van der Waals surface area (Å²) in [5.74, 6) is 0.477. The lowest BCUT2D eigenvalue weighted by atomic mass is 10.2. The molecule has 0 saturated carbocycles. The van der Waals surface area contributed by atoms with Crippen molar-refractivity contribution in [2.24, 2.45) is 0 Å². The normalized spacial score (nSPS) is 11.4. The molecule has 2 rings (SSSR count). The topological polar surface area (TPSA) is 76.7 Å². The number of ether oxygens (including phenoxy) is 2. The second-order valence-electron chi connectivity index (χ2n) is 6.39. The standard InChI is InChI=1S/C21H24Cl2N2O4/c1-3-14(2)29-17-9-6-15(7-10-17)21(27)25-24-20(26)5-4-12-28-19-11-8-16(22)13-18(19)23/h6-11,13-14H,3-5,12H2,1-2H3,(H,24,26)(H,25,27). The number of carbonyl (C=O) groups is 2. The average Bonchev–Trinajstić information content (AvgIpc) is 2.71. The second-order valence-corrected chi connectivity index (χ2v) is 7.23. The van der Waals surface area contributed by atoms with Gasteiger partial charge in [0.05, 0.1) is 17.7 Å². The van der Waals surface area contributed by atoms with Crippen LogP contribution in [0.15, 0.2) is 42.5 Å². The zero-order chi connectivity index (χ0) is 21.2. The SMILES string of the molecule is CCC(C)Oc1ccc(C(=O)NNC(=O)CCCOc2ccc(Cl)cc2Cl)cc1. The van der Waals surface area contributed by atoms with Crippen molar-refractivity contribution in [3.05, 3.63) is 58.1 Å². The Morgan fingerprint density at radius 2 is 1.79 bits per heavy atom. The first-order valence-electron chi connectivity index (χ1n) is 9.32. The predicted molar refractivity (Wildman–Crippen MR) is 114 cm³/mol. The zero-order valence-corrected chi connectivity index (χ0v) is 17.8. The van der Waals surface area contributed by atoms with E-state index in [1.165, 1.54) is 0 Å². The van der Waals surface area contributed by atoms with E-state index >= 15 is 0 Å². The van der Waals surface area contributed by atoms with E-state index in [0.29, 0.717) is 40.1 Å². The van der Waals surface area contributed by atoms with Gasteiger partial charge in [-0.2, -0.15) is 0 Å². The lowest BCUT2D eigenvalue weighted by molar-refractivity contribution is -0.122. The molecule has 2 aromatic rings. The van der Waals surface area contributed by atoms with E-state index in [1.807, 2.05) is 13.8 Å². The van der Waals surface area contributed by atoms with E-state index in [-0.39, 0.29) is 18.4 Å². The molecule has 2 amide bonds. The molecule has 0 aliphatic heterocycles. The zero-order valence-electron chi connectivity index (χ0n) is 16.3. The van der Waals surface area contributed by atoms with Crippen molar-refractivity contribution >= 4 is 35.0 Å². The van der Waals surface area contributed by atoms with Crippen LogP contribution in [0.2, 0.25) is 10.0 Å². The van der Waals surface area contributed by atoms with Crippen molar-refractivity contribution in [2.45, 2.75) is 39.2 Å². The fourth-order valence-corrected chi connectivity index (χ4v) is 2.73. The average molecular weight is 439 g/mol. The van der Waals surface area contributed by atoms with Crippen molar-refractivity contribution in [3.63, 3.8) is 0 Å². The van der Waals surface area contributed by atoms with Crippen LogP contribution in [0.3, 0.4) is 0 Å². The number of hydrazine groups is 1. The van der Waals surface area contributed by atoms with Gasteiger partial charge in [-0.15, -0.1) is 0 Å². The van der Waals surface area contributed by atoms with Crippen molar-refractivity contribution in [1.82, 2.24) is 10.9 Å². The molecule has 2 aromatic carbocycles. The molecule has 0 bridgehead atoms. The molecule has 2 N–H and O–H groups in total. The Kier molecular flexibility index (Phi) is 9.09. The Bertz CT molecular complexity index is 828. The third-order valence-electron chi connectivity index (χ3n) is 4.04. The number of amides is 2. The van der Waals surface area contributed by atoms with Gasteiger partial charge in [0.2, 0.25) is 5.91 Å². The van der Waals surface area contributed by atoms with E-state index in [0.717, 1.165) is 6.42 Å². The maximum atomic E-state index is 12.1. The maximum absolute atomic E-state index is 12.1. The first-order valence-corrected chi connectivity index (χ1v) is 10.1. The third-order valence-corrected chi connectivity index (χ3v) is 4.57. The van der Waals surface area contributed by atoms with E-state index in [4.69, 9.17) is 32.7 Å². The quantitative estimate of drug-likeness (QED) is 0.435. The van der Waals surface area contributed by atoms with Crippen LogP contribution < -0.4 is 20.3 Å². The van der Waals surface area contributed by atoms with Gasteiger partial charge >= 0.3 is 0 Å². The van der Waals surface area contributed by atoms with Crippen molar-refractivity contribution in [3.8, 4) is 11.5 Å². The highest BCUT2D eigenvalue weighted by Gasteiger charge is 2.09. The van der Waals surface area contributed by atoms with Crippen molar-refractivity contribution in [1.29, 1.82) is 0 Å². The summed E-state index contributed by atoms with van der Waals surface area (Å²) in [6.45, 7) is 4.32. The molecule has 6 nitrogen and oxygen atoms in total. The van der Waals surface area contributed by atoms with Gasteiger partial charge in [0.25, 0.3) is 5.91 Å². The van der Waals surface area contributed by atoms with Gasteiger partial charge in [-0.1, -0.05) is 30.1 Å². The third kappa shape index (κ3) is 7.83. The summed E-state index contributed by atoms with van der Waals surface area (Å²) in [7, 11) is 0. The fourth-order valence-electron chi connectivity index (χ4n) is 2.27. The maximum Gasteiger partial charge on any atom is 0.269 e. The summed E-state index contributed by atoms with van der Waals surface area (Å²) in [4.78, 5) is 24.0. The van der Waals surface area contributed by atoms with Gasteiger partial charge in [0, 0.05) is 17.0 Å². The summed E-state index contributed by atoms with van der Waals surface area (Å²) in [5, 5.41) is 0.935. The molecule has 0 saturated heterocycles. The molecule has 0 aliphatic carbocycles. The minimum Gasteiger partial charge on any atom is -0.492 e. The van der Waals surface area contributed by atoms with Gasteiger partial charge in [-0.05, 0) is 62.2 Å². The molecule has 1 unspecified atom stereocenters. The Labute approximate surface area is 180 Å². The summed E-state index contributed by atoms with van der Waals surface area (Å²) in [5.41, 5.74) is 5.19. The van der Waals surface area contributed by atoms with Gasteiger partial charge in [0.15, 0.2) is 0 Å². The van der Waals surface area contributed by atoms with Crippen LogP contribution in [-0.2, 0) is 4.79 Å². The van der Waals surface area contributed by atoms with Gasteiger partial charge < -0.3 is 9.47 Å². The molecule has 8 heteroatoms. The highest BCUT2D eigenvalue weighted by molar-refractivity contribution is 6.35. The number of carbonyl (C=O) groups excluding carboxylic acids is 2. The van der Waals surface area contributed by atoms with Crippen LogP contribution in [-0.4, -0.2) is 24.5 Å². The first kappa shape index (κ1) is 22.8. The van der Waals surface area contributed by atoms with E-state index in [1.54, 1.807) is 42.5 Å². The lowest BCUT2D eigenvalue weighted by Gasteiger charge is -2.13. The Balaban J connectivity index is 1.68. The highest BCUT2D eigenvalue weighted by Crippen LogP contribution is 2.27. The molecule has 156 valence electrons. The molecule has 0 aliphatic rings. The van der Waals surface area contributed by atoms with E-state index in [2.05, 4.69) is 10.9 Å². The number of halogens is 2. The van der Waals surface area contributed by atoms with E-state index < -0.39 is 5.91 Å². The lowest BCUT2D eigenvalue weighted by Crippen LogP contribution is -2.41. The van der Waals surface area contributed by atoms with Gasteiger partial charge in [-0.3, -0.25) is 20.4 Å². The molecule has 0 spiro atoms. The number of hydrogen-bond acceptors (Lipinski definition) is 4. The summed E-state index contributed by atoms with van der Waals surface area (Å²) >= 11 is 11.8. The van der Waals surface area contributed by atoms with Gasteiger partial charge in [0.1, 0.15) is 11.5 Å². The Morgan fingerprint density at radius 3 is 2.45 bits per heavy atom. The van der Waals surface area contributed by atoms with Crippen LogP contribution in [0.4, 0.5) is 0 Å². The molecular formula is C21H24Cl2N2O4. The number of rotatable bonds is 9.